The fourth-order valence-corrected chi connectivity index (χ4v) is 4.32. The Hall–Kier alpha value is -0.673. The average Bonchev–Trinajstić information content (AvgIpc) is 2.48. The molecule has 1 heterocycles. The van der Waals surface area contributed by atoms with Crippen molar-refractivity contribution >= 4 is 24.9 Å². The maximum atomic E-state index is 6.19. The second kappa shape index (κ2) is 3.17. The normalized spacial score (nSPS) is 14.6. The highest BCUT2D eigenvalue weighted by Gasteiger charge is 2.29. The summed E-state index contributed by atoms with van der Waals surface area (Å²) in [5.41, 5.74) is 0. The van der Waals surface area contributed by atoms with Crippen LogP contribution in [-0.4, -0.2) is 14.9 Å². The standard InChI is InChI=1S/C10H13ClO2Si/c1-14(2,3)10-7(11)4-5-8-9(10)13-6-12-8/h4-5H,6H2,1-3H3. The molecule has 0 saturated heterocycles. The third kappa shape index (κ3) is 1.51. The molecular formula is C10H13ClO2Si. The zero-order chi connectivity index (χ0) is 10.3. The Morgan fingerprint density at radius 3 is 2.57 bits per heavy atom. The lowest BCUT2D eigenvalue weighted by atomic mass is 10.3. The average molecular weight is 229 g/mol. The van der Waals surface area contributed by atoms with Crippen molar-refractivity contribution in [1.29, 1.82) is 0 Å². The Morgan fingerprint density at radius 1 is 1.21 bits per heavy atom. The van der Waals surface area contributed by atoms with Gasteiger partial charge in [0.2, 0.25) is 6.79 Å². The van der Waals surface area contributed by atoms with Crippen molar-refractivity contribution < 1.29 is 9.47 Å². The van der Waals surface area contributed by atoms with Gasteiger partial charge in [0.1, 0.15) is 0 Å². The van der Waals surface area contributed by atoms with Crippen LogP contribution < -0.4 is 14.7 Å². The molecule has 76 valence electrons. The molecule has 2 nitrogen and oxygen atoms in total. The molecule has 1 aliphatic heterocycles. The molecule has 0 radical (unpaired) electrons. The first-order chi connectivity index (χ1) is 6.50. The first-order valence-electron chi connectivity index (χ1n) is 4.59. The highest BCUT2D eigenvalue weighted by molar-refractivity contribution is 6.90. The van der Waals surface area contributed by atoms with Gasteiger partial charge in [-0.15, -0.1) is 0 Å². The van der Waals surface area contributed by atoms with Crippen LogP contribution in [0.2, 0.25) is 24.7 Å². The van der Waals surface area contributed by atoms with E-state index in [-0.39, 0.29) is 0 Å². The lowest BCUT2D eigenvalue weighted by Gasteiger charge is -2.20. The van der Waals surface area contributed by atoms with E-state index in [9.17, 15) is 0 Å². The minimum atomic E-state index is -1.47. The molecule has 0 amide bonds. The van der Waals surface area contributed by atoms with Gasteiger partial charge in [-0.05, 0) is 12.1 Å². The van der Waals surface area contributed by atoms with E-state index in [0.29, 0.717) is 6.79 Å². The van der Waals surface area contributed by atoms with Gasteiger partial charge in [0, 0.05) is 10.2 Å². The van der Waals surface area contributed by atoms with Gasteiger partial charge in [-0.2, -0.15) is 0 Å². The molecule has 0 N–H and O–H groups in total. The second-order valence-corrected chi connectivity index (χ2v) is 9.81. The van der Waals surface area contributed by atoms with Crippen LogP contribution >= 0.6 is 11.6 Å². The molecule has 0 aliphatic carbocycles. The quantitative estimate of drug-likeness (QED) is 0.688. The highest BCUT2D eigenvalue weighted by Crippen LogP contribution is 2.34. The molecule has 0 unspecified atom stereocenters. The summed E-state index contributed by atoms with van der Waals surface area (Å²) in [5.74, 6) is 1.68. The summed E-state index contributed by atoms with van der Waals surface area (Å²) >= 11 is 6.19. The fourth-order valence-electron chi connectivity index (χ4n) is 1.65. The van der Waals surface area contributed by atoms with Gasteiger partial charge in [-0.25, -0.2) is 0 Å². The lowest BCUT2D eigenvalue weighted by molar-refractivity contribution is 0.174. The SMILES string of the molecule is C[Si](C)(C)c1c(Cl)ccc2c1OCO2. The monoisotopic (exact) mass is 228 g/mol. The predicted molar refractivity (Wildman–Crippen MR) is 60.6 cm³/mol. The minimum Gasteiger partial charge on any atom is -0.454 e. The first kappa shape index (κ1) is 9.87. The highest BCUT2D eigenvalue weighted by atomic mass is 35.5. The van der Waals surface area contributed by atoms with Crippen molar-refractivity contribution in [3.05, 3.63) is 17.2 Å². The number of halogens is 1. The molecule has 14 heavy (non-hydrogen) atoms. The Morgan fingerprint density at radius 2 is 1.93 bits per heavy atom. The molecular weight excluding hydrogens is 216 g/mol. The second-order valence-electron chi connectivity index (χ2n) is 4.41. The van der Waals surface area contributed by atoms with Gasteiger partial charge in [-0.1, -0.05) is 31.2 Å². The third-order valence-electron chi connectivity index (χ3n) is 2.24. The van der Waals surface area contributed by atoms with Crippen LogP contribution in [0.5, 0.6) is 11.5 Å². The first-order valence-corrected chi connectivity index (χ1v) is 8.46. The van der Waals surface area contributed by atoms with E-state index in [2.05, 4.69) is 19.6 Å². The van der Waals surface area contributed by atoms with Gasteiger partial charge < -0.3 is 9.47 Å². The van der Waals surface area contributed by atoms with E-state index in [1.165, 1.54) is 0 Å². The van der Waals surface area contributed by atoms with E-state index in [1.807, 2.05) is 12.1 Å². The van der Waals surface area contributed by atoms with Gasteiger partial charge in [0.05, 0.1) is 8.07 Å². The number of fused-ring (bicyclic) bond motifs is 1. The van der Waals surface area contributed by atoms with Crippen molar-refractivity contribution in [2.24, 2.45) is 0 Å². The summed E-state index contributed by atoms with van der Waals surface area (Å²) in [7, 11) is -1.47. The maximum absolute atomic E-state index is 6.19. The summed E-state index contributed by atoms with van der Waals surface area (Å²) in [6.45, 7) is 7.05. The zero-order valence-corrected chi connectivity index (χ0v) is 10.3. The van der Waals surface area contributed by atoms with Crippen LogP contribution in [0.15, 0.2) is 12.1 Å². The smallest absolute Gasteiger partial charge is 0.231 e. The molecule has 0 spiro atoms. The largest absolute Gasteiger partial charge is 0.454 e. The zero-order valence-electron chi connectivity index (χ0n) is 8.56. The molecule has 2 rings (SSSR count). The van der Waals surface area contributed by atoms with E-state index < -0.39 is 8.07 Å². The van der Waals surface area contributed by atoms with Crippen molar-refractivity contribution in [3.63, 3.8) is 0 Å². The number of ether oxygens (including phenoxy) is 2. The molecule has 0 aromatic heterocycles. The minimum absolute atomic E-state index is 0.313. The number of hydrogen-bond acceptors (Lipinski definition) is 2. The van der Waals surface area contributed by atoms with Gasteiger partial charge in [0.15, 0.2) is 11.5 Å². The van der Waals surface area contributed by atoms with Crippen LogP contribution in [-0.2, 0) is 0 Å². The maximum Gasteiger partial charge on any atom is 0.231 e. The van der Waals surface area contributed by atoms with E-state index >= 15 is 0 Å². The van der Waals surface area contributed by atoms with Crippen LogP contribution in [0.4, 0.5) is 0 Å². The van der Waals surface area contributed by atoms with Crippen LogP contribution in [0.3, 0.4) is 0 Å². The number of benzene rings is 1. The Kier molecular flexibility index (Phi) is 2.24. The summed E-state index contributed by atoms with van der Waals surface area (Å²) < 4.78 is 10.8. The van der Waals surface area contributed by atoms with Gasteiger partial charge >= 0.3 is 0 Å². The molecule has 1 aromatic carbocycles. The summed E-state index contributed by atoms with van der Waals surface area (Å²) in [4.78, 5) is 0. The molecule has 4 heteroatoms. The number of hydrogen-bond donors (Lipinski definition) is 0. The van der Waals surface area contributed by atoms with Gasteiger partial charge in [-0.3, -0.25) is 0 Å². The summed E-state index contributed by atoms with van der Waals surface area (Å²) in [6.07, 6.45) is 0. The molecule has 0 saturated carbocycles. The molecule has 0 atom stereocenters. The number of rotatable bonds is 1. The topological polar surface area (TPSA) is 18.5 Å². The van der Waals surface area contributed by atoms with Gasteiger partial charge in [0.25, 0.3) is 0 Å². The molecule has 1 aliphatic rings. The fraction of sp³-hybridized carbons (Fsp3) is 0.400. The van der Waals surface area contributed by atoms with E-state index in [0.717, 1.165) is 21.7 Å². The van der Waals surface area contributed by atoms with Crippen molar-refractivity contribution in [1.82, 2.24) is 0 Å². The Labute approximate surface area is 89.8 Å². The van der Waals surface area contributed by atoms with Crippen LogP contribution in [0.1, 0.15) is 0 Å². The molecule has 1 aromatic rings. The van der Waals surface area contributed by atoms with Crippen LogP contribution in [0.25, 0.3) is 0 Å². The van der Waals surface area contributed by atoms with Crippen molar-refractivity contribution in [2.45, 2.75) is 19.6 Å². The Balaban J connectivity index is 2.63. The predicted octanol–water partition coefficient (Wildman–Crippen LogP) is 2.61. The third-order valence-corrected chi connectivity index (χ3v) is 4.71. The van der Waals surface area contributed by atoms with Crippen molar-refractivity contribution in [2.75, 3.05) is 6.79 Å². The molecule has 0 fully saturated rings. The van der Waals surface area contributed by atoms with Crippen LogP contribution in [0, 0.1) is 0 Å². The summed E-state index contributed by atoms with van der Waals surface area (Å²) in [5, 5.41) is 1.96. The lowest BCUT2D eigenvalue weighted by Crippen LogP contribution is -2.39. The van der Waals surface area contributed by atoms with E-state index in [1.54, 1.807) is 0 Å². The molecule has 0 bridgehead atoms. The van der Waals surface area contributed by atoms with E-state index in [4.69, 9.17) is 21.1 Å². The summed E-state index contributed by atoms with van der Waals surface area (Å²) in [6, 6.07) is 3.76. The van der Waals surface area contributed by atoms with Crippen molar-refractivity contribution in [3.8, 4) is 11.5 Å². The Bertz CT molecular complexity index is 371.